The molecule has 0 fully saturated rings. The summed E-state index contributed by atoms with van der Waals surface area (Å²) in [5.41, 5.74) is 5.43. The molecule has 0 aliphatic heterocycles. The third-order valence-corrected chi connectivity index (χ3v) is 3.09. The van der Waals surface area contributed by atoms with Gasteiger partial charge in [0, 0.05) is 18.3 Å². The van der Waals surface area contributed by atoms with Crippen molar-refractivity contribution in [2.75, 3.05) is 0 Å². The van der Waals surface area contributed by atoms with Crippen LogP contribution in [0.1, 0.15) is 5.69 Å². The molecule has 0 saturated heterocycles. The van der Waals surface area contributed by atoms with Crippen molar-refractivity contribution in [2.24, 2.45) is 10.9 Å². The zero-order chi connectivity index (χ0) is 15.4. The molecule has 1 heterocycles. The number of rotatable bonds is 4. The number of oxime groups is 1. The Balaban J connectivity index is 2.41. The summed E-state index contributed by atoms with van der Waals surface area (Å²) >= 11 is 3.20. The minimum absolute atomic E-state index is 0.0548. The first-order valence-electron chi connectivity index (χ1n) is 5.57. The molecule has 0 radical (unpaired) electrons. The van der Waals surface area contributed by atoms with Crippen molar-refractivity contribution >= 4 is 27.5 Å². The van der Waals surface area contributed by atoms with Gasteiger partial charge in [0.15, 0.2) is 5.84 Å². The van der Waals surface area contributed by atoms with Crippen LogP contribution in [-0.4, -0.2) is 21.0 Å². The minimum atomic E-state index is -0.550. The van der Waals surface area contributed by atoms with Gasteiger partial charge in [0.1, 0.15) is 11.4 Å². The maximum absolute atomic E-state index is 11.0. The molecular weight excluding hydrogens is 344 g/mol. The highest BCUT2D eigenvalue weighted by molar-refractivity contribution is 9.10. The molecule has 0 atom stereocenters. The molecule has 0 bridgehead atoms. The smallest absolute Gasteiger partial charge is 0.312 e. The quantitative estimate of drug-likeness (QED) is 0.286. The summed E-state index contributed by atoms with van der Waals surface area (Å²) in [6, 6.07) is 7.37. The average Bonchev–Trinajstić information content (AvgIpc) is 2.48. The van der Waals surface area contributed by atoms with E-state index in [1.807, 2.05) is 0 Å². The molecule has 2 aromatic rings. The number of aromatic nitrogens is 1. The van der Waals surface area contributed by atoms with Crippen molar-refractivity contribution in [2.45, 2.75) is 0 Å². The fraction of sp³-hybridized carbons (Fsp3) is 0. The fourth-order valence-corrected chi connectivity index (χ4v) is 1.96. The summed E-state index contributed by atoms with van der Waals surface area (Å²) in [5, 5.41) is 22.5. The zero-order valence-electron chi connectivity index (χ0n) is 10.4. The van der Waals surface area contributed by atoms with Crippen LogP contribution in [0.5, 0.6) is 11.5 Å². The second kappa shape index (κ2) is 6.18. The van der Waals surface area contributed by atoms with Gasteiger partial charge in [-0.25, -0.2) is 0 Å². The molecule has 8 nitrogen and oxygen atoms in total. The maximum Gasteiger partial charge on any atom is 0.312 e. The third kappa shape index (κ3) is 3.26. The molecule has 0 saturated carbocycles. The Labute approximate surface area is 127 Å². The number of ether oxygens (including phenoxy) is 1. The Hall–Kier alpha value is -2.68. The van der Waals surface area contributed by atoms with Crippen molar-refractivity contribution in [3.8, 4) is 11.5 Å². The van der Waals surface area contributed by atoms with Crippen molar-refractivity contribution in [1.82, 2.24) is 4.98 Å². The molecular formula is C12H9BrN4O4. The third-order valence-electron chi connectivity index (χ3n) is 2.46. The first-order valence-corrected chi connectivity index (χ1v) is 6.37. The van der Waals surface area contributed by atoms with Crippen LogP contribution in [0, 0.1) is 10.1 Å². The number of hydrogen-bond donors (Lipinski definition) is 2. The summed E-state index contributed by atoms with van der Waals surface area (Å²) in [7, 11) is 0. The molecule has 3 N–H and O–H groups in total. The predicted molar refractivity (Wildman–Crippen MR) is 77.6 cm³/mol. The predicted octanol–water partition coefficient (Wildman–Crippen LogP) is 2.64. The van der Waals surface area contributed by atoms with E-state index in [2.05, 4.69) is 26.1 Å². The van der Waals surface area contributed by atoms with Crippen LogP contribution in [-0.2, 0) is 0 Å². The molecule has 0 amide bonds. The first kappa shape index (κ1) is 14.7. The standard InChI is InChI=1S/C12H9BrN4O4/c13-8-2-1-3-10(17(19)20)11(8)21-7-4-5-15-9(6-7)12(14)16-18/h1-6,18H,(H2,14,16). The summed E-state index contributed by atoms with van der Waals surface area (Å²) < 4.78 is 5.95. The number of nitrogens with two attached hydrogens (primary N) is 1. The van der Waals surface area contributed by atoms with E-state index in [9.17, 15) is 10.1 Å². The number of hydrogen-bond acceptors (Lipinski definition) is 6. The fourth-order valence-electron chi connectivity index (χ4n) is 1.53. The van der Waals surface area contributed by atoms with Crippen molar-refractivity contribution < 1.29 is 14.9 Å². The van der Waals surface area contributed by atoms with E-state index in [4.69, 9.17) is 15.7 Å². The van der Waals surface area contributed by atoms with Gasteiger partial charge < -0.3 is 15.7 Å². The van der Waals surface area contributed by atoms with E-state index in [0.29, 0.717) is 4.47 Å². The van der Waals surface area contributed by atoms with E-state index < -0.39 is 4.92 Å². The number of benzene rings is 1. The van der Waals surface area contributed by atoms with Crippen molar-refractivity contribution in [3.63, 3.8) is 0 Å². The van der Waals surface area contributed by atoms with E-state index in [-0.39, 0.29) is 28.7 Å². The van der Waals surface area contributed by atoms with Crippen molar-refractivity contribution in [1.29, 1.82) is 0 Å². The largest absolute Gasteiger partial charge is 0.449 e. The number of nitro benzene ring substituents is 1. The number of halogens is 1. The summed E-state index contributed by atoms with van der Waals surface area (Å²) in [5.74, 6) is 0.128. The Kier molecular flexibility index (Phi) is 4.33. The Morgan fingerprint density at radius 1 is 1.48 bits per heavy atom. The SMILES string of the molecule is N/C(=N/O)c1cc(Oc2c(Br)cccc2[N+](=O)[O-])ccn1. The normalized spacial score (nSPS) is 11.2. The Morgan fingerprint density at radius 2 is 2.24 bits per heavy atom. The lowest BCUT2D eigenvalue weighted by molar-refractivity contribution is -0.385. The number of para-hydroxylation sites is 1. The van der Waals surface area contributed by atoms with Crippen LogP contribution >= 0.6 is 15.9 Å². The second-order valence-electron chi connectivity index (χ2n) is 3.81. The highest BCUT2D eigenvalue weighted by Gasteiger charge is 2.19. The molecule has 9 heteroatoms. The van der Waals surface area contributed by atoms with Crippen LogP contribution in [0.2, 0.25) is 0 Å². The van der Waals surface area contributed by atoms with Gasteiger partial charge in [-0.1, -0.05) is 11.2 Å². The molecule has 2 rings (SSSR count). The van der Waals surface area contributed by atoms with Gasteiger partial charge in [0.25, 0.3) is 0 Å². The Bertz CT molecular complexity index is 720. The number of pyridine rings is 1. The number of amidine groups is 1. The van der Waals surface area contributed by atoms with Gasteiger partial charge in [-0.3, -0.25) is 15.1 Å². The molecule has 0 unspecified atom stereocenters. The van der Waals surface area contributed by atoms with Crippen LogP contribution < -0.4 is 10.5 Å². The monoisotopic (exact) mass is 352 g/mol. The maximum atomic E-state index is 11.0. The lowest BCUT2D eigenvalue weighted by atomic mass is 10.3. The van der Waals surface area contributed by atoms with E-state index >= 15 is 0 Å². The highest BCUT2D eigenvalue weighted by atomic mass is 79.9. The molecule has 108 valence electrons. The molecule has 21 heavy (non-hydrogen) atoms. The summed E-state index contributed by atoms with van der Waals surface area (Å²) in [6.45, 7) is 0. The van der Waals surface area contributed by atoms with Gasteiger partial charge in [-0.15, -0.1) is 0 Å². The van der Waals surface area contributed by atoms with Crippen molar-refractivity contribution in [3.05, 3.63) is 56.8 Å². The molecule has 0 aliphatic rings. The van der Waals surface area contributed by atoms with Gasteiger partial charge >= 0.3 is 5.69 Å². The molecule has 0 aliphatic carbocycles. The molecule has 0 spiro atoms. The van der Waals surface area contributed by atoms with Crippen LogP contribution in [0.15, 0.2) is 46.2 Å². The summed E-state index contributed by atoms with van der Waals surface area (Å²) in [4.78, 5) is 14.3. The van der Waals surface area contributed by atoms with Gasteiger partial charge in [-0.05, 0) is 28.1 Å². The minimum Gasteiger partial charge on any atom is -0.449 e. The van der Waals surface area contributed by atoms with E-state index in [0.717, 1.165) is 0 Å². The Morgan fingerprint density at radius 3 is 2.90 bits per heavy atom. The zero-order valence-corrected chi connectivity index (χ0v) is 12.0. The van der Waals surface area contributed by atoms with Crippen LogP contribution in [0.4, 0.5) is 5.69 Å². The highest BCUT2D eigenvalue weighted by Crippen LogP contribution is 2.37. The van der Waals surface area contributed by atoms with Crippen LogP contribution in [0.3, 0.4) is 0 Å². The van der Waals surface area contributed by atoms with Gasteiger partial charge in [0.2, 0.25) is 5.75 Å². The average molecular weight is 353 g/mol. The number of nitro groups is 1. The van der Waals surface area contributed by atoms with E-state index in [1.165, 1.54) is 30.5 Å². The van der Waals surface area contributed by atoms with Crippen LogP contribution in [0.25, 0.3) is 0 Å². The lowest BCUT2D eigenvalue weighted by Crippen LogP contribution is -2.14. The van der Waals surface area contributed by atoms with E-state index in [1.54, 1.807) is 6.07 Å². The molecule has 1 aromatic carbocycles. The molecule has 1 aromatic heterocycles. The van der Waals surface area contributed by atoms with Gasteiger partial charge in [-0.2, -0.15) is 0 Å². The number of nitrogens with zero attached hydrogens (tertiary/aromatic N) is 3. The second-order valence-corrected chi connectivity index (χ2v) is 4.66. The first-order chi connectivity index (χ1) is 10.0. The van der Waals surface area contributed by atoms with Gasteiger partial charge in [0.05, 0.1) is 9.40 Å². The summed E-state index contributed by atoms with van der Waals surface area (Å²) in [6.07, 6.45) is 1.38. The lowest BCUT2D eigenvalue weighted by Gasteiger charge is -2.08. The topological polar surface area (TPSA) is 124 Å².